The van der Waals surface area contributed by atoms with Gasteiger partial charge in [-0.2, -0.15) is 15.0 Å². The zero-order valence-electron chi connectivity index (χ0n) is 40.8. The van der Waals surface area contributed by atoms with E-state index >= 15 is 0 Å². The van der Waals surface area contributed by atoms with Gasteiger partial charge in [0.1, 0.15) is 0 Å². The number of unbranched alkanes of at least 4 members (excludes halogenated alkanes) is 7. The van der Waals surface area contributed by atoms with Crippen molar-refractivity contribution in [2.24, 2.45) is 0 Å². The number of rotatable bonds is 19. The quantitative estimate of drug-likeness (QED) is 0.117. The molecule has 4 aliphatic rings. The molecule has 11 nitrogen and oxygen atoms in total. The lowest BCUT2D eigenvalue weighted by Gasteiger charge is -2.50. The van der Waals surface area contributed by atoms with Gasteiger partial charge in [-0.05, 0) is 154 Å². The minimum atomic E-state index is 0.00665. The zero-order valence-corrected chi connectivity index (χ0v) is 40.8. The van der Waals surface area contributed by atoms with Gasteiger partial charge in [0.25, 0.3) is 0 Å². The Morgan fingerprint density at radius 1 is 0.508 bits per heavy atom. The van der Waals surface area contributed by atoms with E-state index in [1.54, 1.807) is 0 Å². The fourth-order valence-corrected chi connectivity index (χ4v) is 12.0. The molecule has 0 saturated carbocycles. The van der Waals surface area contributed by atoms with Crippen molar-refractivity contribution in [3.05, 3.63) is 0 Å². The maximum absolute atomic E-state index is 5.84. The van der Waals surface area contributed by atoms with Crippen molar-refractivity contribution >= 4 is 17.8 Å². The van der Waals surface area contributed by atoms with Gasteiger partial charge in [0.15, 0.2) is 0 Å². The number of morpholine rings is 1. The summed E-state index contributed by atoms with van der Waals surface area (Å²) in [5.74, 6) is 2.56. The fraction of sp³-hybridized carbons (Fsp3) is 0.938. The van der Waals surface area contributed by atoms with Gasteiger partial charge in [-0.15, -0.1) is 0 Å². The Balaban J connectivity index is 1.42. The van der Waals surface area contributed by atoms with Crippen LogP contribution in [-0.2, 0) is 4.74 Å². The van der Waals surface area contributed by atoms with E-state index in [0.29, 0.717) is 31.3 Å². The Hall–Kier alpha value is -1.79. The summed E-state index contributed by atoms with van der Waals surface area (Å²) in [6, 6.07) is 1.29. The Bertz CT molecular complexity index is 1400. The summed E-state index contributed by atoms with van der Waals surface area (Å²) < 4.78 is 5.84. The molecule has 59 heavy (non-hydrogen) atoms. The molecule has 0 aromatic carbocycles. The summed E-state index contributed by atoms with van der Waals surface area (Å²) in [5, 5.41) is 11.8. The number of ether oxygens (including phenoxy) is 1. The van der Waals surface area contributed by atoms with Crippen LogP contribution in [0.2, 0.25) is 0 Å². The van der Waals surface area contributed by atoms with Crippen LogP contribution < -0.4 is 30.7 Å². The molecule has 0 aliphatic carbocycles. The smallest absolute Gasteiger partial charge is 0.232 e. The van der Waals surface area contributed by atoms with Gasteiger partial charge in [-0.25, -0.2) is 0 Å². The minimum Gasteiger partial charge on any atom is -0.378 e. The molecule has 5 heterocycles. The Morgan fingerprint density at radius 2 is 0.864 bits per heavy atom. The lowest BCUT2D eigenvalue weighted by Crippen LogP contribution is -2.63. The summed E-state index contributed by atoms with van der Waals surface area (Å²) in [4.78, 5) is 26.7. The highest BCUT2D eigenvalue weighted by atomic mass is 16.5. The van der Waals surface area contributed by atoms with Crippen molar-refractivity contribution in [2.45, 2.75) is 238 Å². The second-order valence-electron chi connectivity index (χ2n) is 23.4. The van der Waals surface area contributed by atoms with Crippen LogP contribution in [0.15, 0.2) is 0 Å². The summed E-state index contributed by atoms with van der Waals surface area (Å²) >= 11 is 0. The van der Waals surface area contributed by atoms with Crippen molar-refractivity contribution in [1.82, 2.24) is 35.8 Å². The third kappa shape index (κ3) is 14.6. The van der Waals surface area contributed by atoms with Crippen LogP contribution in [0.1, 0.15) is 186 Å². The molecule has 3 N–H and O–H groups in total. The normalized spacial score (nSPS) is 24.4. The average molecular weight is 825 g/mol. The van der Waals surface area contributed by atoms with Gasteiger partial charge in [0, 0.05) is 77.5 Å². The molecule has 1 aromatic rings. The highest BCUT2D eigenvalue weighted by Gasteiger charge is 2.43. The molecule has 0 unspecified atom stereocenters. The standard InChI is InChI=1S/C48H92N10O/c1-15-16-17-18-22-25-57(38-33-45(6,7)53-46(8,9)34-38)41-49-40(56-27-29-59-30-28-56)50-42(51-41)58(39-35-47(10,11)54-48(12,13)36-39)26-23-20-19-21-24-55(14)37-31-43(2,3)52-44(4,5)32-37/h37-39,52-54H,15-36H2,1-14H3. The number of nitrogens with one attached hydrogen (secondary N) is 3. The number of nitrogens with zero attached hydrogens (tertiary/aromatic N) is 7. The first-order chi connectivity index (χ1) is 27.5. The van der Waals surface area contributed by atoms with Crippen molar-refractivity contribution < 1.29 is 4.74 Å². The maximum Gasteiger partial charge on any atom is 0.232 e. The summed E-state index contributed by atoms with van der Waals surface area (Å²) in [6.45, 7) is 36.9. The molecule has 4 aliphatic heterocycles. The molecule has 11 heteroatoms. The van der Waals surface area contributed by atoms with Crippen molar-refractivity contribution in [1.29, 1.82) is 0 Å². The Labute approximate surface area is 362 Å². The SMILES string of the molecule is CCCCCCCN(c1nc(N2CCOCC2)nc(N(CCCCCCN(C)C2CC(C)(C)NC(C)(C)C2)C2CC(C)(C)NC(C)(C)C2)n1)C1CC(C)(C)NC(C)(C)C1. The first-order valence-electron chi connectivity index (χ1n) is 24.2. The van der Waals surface area contributed by atoms with E-state index in [0.717, 1.165) is 89.1 Å². The molecule has 340 valence electrons. The van der Waals surface area contributed by atoms with Gasteiger partial charge in [0.2, 0.25) is 17.8 Å². The van der Waals surface area contributed by atoms with Crippen LogP contribution in [0, 0.1) is 0 Å². The van der Waals surface area contributed by atoms with Gasteiger partial charge >= 0.3 is 0 Å². The third-order valence-corrected chi connectivity index (χ3v) is 13.6. The number of hydrogen-bond donors (Lipinski definition) is 3. The van der Waals surface area contributed by atoms with Gasteiger partial charge in [-0.1, -0.05) is 45.4 Å². The summed E-state index contributed by atoms with van der Waals surface area (Å²) in [7, 11) is 2.36. The van der Waals surface area contributed by atoms with Crippen LogP contribution in [0.5, 0.6) is 0 Å². The molecule has 0 atom stereocenters. The van der Waals surface area contributed by atoms with Crippen LogP contribution in [-0.4, -0.2) is 124 Å². The number of aromatic nitrogens is 3. The Morgan fingerprint density at radius 3 is 1.25 bits per heavy atom. The second-order valence-corrected chi connectivity index (χ2v) is 23.4. The highest BCUT2D eigenvalue weighted by Crippen LogP contribution is 2.37. The second kappa shape index (κ2) is 19.7. The van der Waals surface area contributed by atoms with Crippen LogP contribution in [0.25, 0.3) is 0 Å². The summed E-state index contributed by atoms with van der Waals surface area (Å²) in [6.07, 6.45) is 17.7. The first-order valence-corrected chi connectivity index (χ1v) is 24.2. The largest absolute Gasteiger partial charge is 0.378 e. The lowest BCUT2D eigenvalue weighted by molar-refractivity contribution is 0.0805. The lowest BCUT2D eigenvalue weighted by atomic mass is 9.79. The van der Waals surface area contributed by atoms with Gasteiger partial charge in [0.05, 0.1) is 13.2 Å². The molecule has 5 rings (SSSR count). The number of hydrogen-bond acceptors (Lipinski definition) is 11. The average Bonchev–Trinajstić information content (AvgIpc) is 3.09. The monoisotopic (exact) mass is 825 g/mol. The predicted molar refractivity (Wildman–Crippen MR) is 250 cm³/mol. The minimum absolute atomic E-state index is 0.00665. The number of anilines is 3. The molecule has 0 radical (unpaired) electrons. The molecule has 0 spiro atoms. The van der Waals surface area contributed by atoms with E-state index in [1.807, 2.05) is 0 Å². The van der Waals surface area contributed by atoms with Crippen molar-refractivity contribution in [3.8, 4) is 0 Å². The van der Waals surface area contributed by atoms with Gasteiger partial charge in [-0.3, -0.25) is 0 Å². The van der Waals surface area contributed by atoms with Crippen LogP contribution in [0.4, 0.5) is 17.8 Å². The molecule has 0 amide bonds. The van der Waals surface area contributed by atoms with E-state index in [-0.39, 0.29) is 33.2 Å². The maximum atomic E-state index is 5.84. The summed E-state index contributed by atoms with van der Waals surface area (Å²) in [5.41, 5.74) is 0.391. The van der Waals surface area contributed by atoms with E-state index in [4.69, 9.17) is 19.7 Å². The van der Waals surface area contributed by atoms with Crippen molar-refractivity contribution in [3.63, 3.8) is 0 Å². The van der Waals surface area contributed by atoms with Crippen LogP contribution >= 0.6 is 0 Å². The number of piperidine rings is 3. The zero-order chi connectivity index (χ0) is 43.3. The van der Waals surface area contributed by atoms with Crippen LogP contribution in [0.3, 0.4) is 0 Å². The first kappa shape index (κ1) is 48.2. The molecular formula is C48H92N10O. The molecule has 0 bridgehead atoms. The highest BCUT2D eigenvalue weighted by molar-refractivity contribution is 5.48. The topological polar surface area (TPSA) is 97.0 Å². The molecular weight excluding hydrogens is 733 g/mol. The fourth-order valence-electron chi connectivity index (χ4n) is 12.0. The van der Waals surface area contributed by atoms with Gasteiger partial charge < -0.3 is 40.3 Å². The van der Waals surface area contributed by atoms with Crippen molar-refractivity contribution in [2.75, 3.05) is 67.7 Å². The molecule has 4 saturated heterocycles. The van der Waals surface area contributed by atoms with E-state index in [9.17, 15) is 0 Å². The molecule has 4 fully saturated rings. The van der Waals surface area contributed by atoms with E-state index in [1.165, 1.54) is 57.8 Å². The molecule has 1 aromatic heterocycles. The van der Waals surface area contributed by atoms with E-state index in [2.05, 4.69) is 133 Å². The third-order valence-electron chi connectivity index (χ3n) is 13.6. The predicted octanol–water partition coefficient (Wildman–Crippen LogP) is 8.71. The Kier molecular flexibility index (Phi) is 16.1. The van der Waals surface area contributed by atoms with E-state index < -0.39 is 0 Å².